The summed E-state index contributed by atoms with van der Waals surface area (Å²) in [7, 11) is 0. The van der Waals surface area contributed by atoms with Gasteiger partial charge in [-0.1, -0.05) is 26.8 Å². The van der Waals surface area contributed by atoms with Crippen molar-refractivity contribution in [3.05, 3.63) is 35.7 Å². The largest absolute Gasteiger partial charge is 0.461 e. The molecule has 3 atom stereocenters. The van der Waals surface area contributed by atoms with Crippen molar-refractivity contribution in [2.45, 2.75) is 84.3 Å². The van der Waals surface area contributed by atoms with Crippen molar-refractivity contribution in [1.82, 2.24) is 15.8 Å². The van der Waals surface area contributed by atoms with Gasteiger partial charge in [0.15, 0.2) is 6.29 Å². The molecule has 36 heavy (non-hydrogen) atoms. The third-order valence-electron chi connectivity index (χ3n) is 6.65. The second-order valence-corrected chi connectivity index (χ2v) is 10.2. The number of nitrogens with one attached hydrogen (secondary N) is 2. The summed E-state index contributed by atoms with van der Waals surface area (Å²) in [6, 6.07) is 3.75. The van der Waals surface area contributed by atoms with E-state index in [0.717, 1.165) is 24.8 Å². The van der Waals surface area contributed by atoms with Crippen LogP contribution in [0.15, 0.2) is 24.4 Å². The average Bonchev–Trinajstić information content (AvgIpc) is 3.28. The molecule has 2 fully saturated rings. The van der Waals surface area contributed by atoms with Crippen LogP contribution >= 0.6 is 0 Å². The van der Waals surface area contributed by atoms with Gasteiger partial charge in [0.05, 0.1) is 12.3 Å². The highest BCUT2D eigenvalue weighted by Crippen LogP contribution is 2.31. The molecule has 1 saturated heterocycles. The highest BCUT2D eigenvalue weighted by molar-refractivity contribution is 5.90. The van der Waals surface area contributed by atoms with Crippen molar-refractivity contribution >= 4 is 18.0 Å². The Hall–Kier alpha value is -2.33. The van der Waals surface area contributed by atoms with Gasteiger partial charge in [0.2, 0.25) is 0 Å². The molecular formula is C27H41N3O6. The quantitative estimate of drug-likeness (QED) is 0.193. The van der Waals surface area contributed by atoms with Crippen molar-refractivity contribution in [3.63, 3.8) is 0 Å². The predicted octanol–water partition coefficient (Wildman–Crippen LogP) is 3.53. The molecule has 1 aliphatic carbocycles. The van der Waals surface area contributed by atoms with Crippen LogP contribution in [0.25, 0.3) is 6.08 Å². The smallest absolute Gasteiger partial charge is 0.326 e. The first-order valence-corrected chi connectivity index (χ1v) is 13.0. The van der Waals surface area contributed by atoms with Crippen LogP contribution in [-0.2, 0) is 35.2 Å². The number of carbonyl (C=O) groups is 2. The summed E-state index contributed by atoms with van der Waals surface area (Å²) in [5.74, 6) is 0.215. The molecule has 9 nitrogen and oxygen atoms in total. The Morgan fingerprint density at radius 1 is 1.22 bits per heavy atom. The minimum absolute atomic E-state index is 0.00475. The molecule has 1 saturated carbocycles. The fourth-order valence-electron chi connectivity index (χ4n) is 4.32. The zero-order valence-corrected chi connectivity index (χ0v) is 22.0. The molecule has 9 heteroatoms. The number of nitrogens with zero attached hydrogens (tertiary/aromatic N) is 1. The first-order chi connectivity index (χ1) is 17.3. The lowest BCUT2D eigenvalue weighted by atomic mass is 9.89. The van der Waals surface area contributed by atoms with Gasteiger partial charge in [-0.05, 0) is 68.6 Å². The zero-order chi connectivity index (χ0) is 26.0. The Labute approximate surface area is 214 Å². The first kappa shape index (κ1) is 28.2. The highest BCUT2D eigenvalue weighted by Gasteiger charge is 2.43. The molecule has 1 amide bonds. The Kier molecular flexibility index (Phi) is 10.9. The van der Waals surface area contributed by atoms with Crippen LogP contribution in [0.1, 0.15) is 71.1 Å². The van der Waals surface area contributed by atoms with Gasteiger partial charge < -0.3 is 14.2 Å². The van der Waals surface area contributed by atoms with Gasteiger partial charge >= 0.3 is 5.97 Å². The van der Waals surface area contributed by atoms with E-state index >= 15 is 0 Å². The number of esters is 1. The molecule has 1 aromatic rings. The summed E-state index contributed by atoms with van der Waals surface area (Å²) >= 11 is 0. The van der Waals surface area contributed by atoms with Crippen molar-refractivity contribution in [1.29, 1.82) is 0 Å². The number of hydroxylamine groups is 1. The third kappa shape index (κ3) is 8.65. The molecule has 2 aliphatic rings. The molecule has 0 bridgehead atoms. The van der Waals surface area contributed by atoms with E-state index in [1.807, 2.05) is 26.0 Å². The van der Waals surface area contributed by atoms with E-state index in [-0.39, 0.29) is 12.1 Å². The maximum Gasteiger partial charge on any atom is 0.326 e. The van der Waals surface area contributed by atoms with Crippen LogP contribution in [-0.4, -0.2) is 54.6 Å². The molecule has 3 unspecified atom stereocenters. The number of ether oxygens (including phenoxy) is 3. The molecule has 0 spiro atoms. The molecule has 3 rings (SSSR count). The minimum atomic E-state index is -0.743. The topological polar surface area (TPSA) is 108 Å². The highest BCUT2D eigenvalue weighted by atomic mass is 16.8. The molecule has 200 valence electrons. The number of rotatable bonds is 12. The maximum atomic E-state index is 13.2. The number of amides is 1. The van der Waals surface area contributed by atoms with Crippen molar-refractivity contribution in [2.24, 2.45) is 11.8 Å². The van der Waals surface area contributed by atoms with Gasteiger partial charge in [-0.15, -0.1) is 0 Å². The first-order valence-electron chi connectivity index (χ1n) is 13.0. The summed E-state index contributed by atoms with van der Waals surface area (Å²) in [5, 5.41) is 3.45. The van der Waals surface area contributed by atoms with Gasteiger partial charge in [-0.2, -0.15) is 0 Å². The minimum Gasteiger partial charge on any atom is -0.461 e. The lowest BCUT2D eigenvalue weighted by Gasteiger charge is -2.37. The van der Waals surface area contributed by atoms with Crippen LogP contribution < -0.4 is 10.8 Å². The number of pyridine rings is 1. The SMILES string of the molecule is CC(C)COC(C)ONC(=O)/C=C/c1ccc(CNC2(C(=O)OC3CCCC3C)CCOCC2)cn1. The van der Waals surface area contributed by atoms with Gasteiger partial charge in [0.25, 0.3) is 5.91 Å². The summed E-state index contributed by atoms with van der Waals surface area (Å²) in [4.78, 5) is 34.7. The van der Waals surface area contributed by atoms with Crippen LogP contribution in [0.5, 0.6) is 0 Å². The van der Waals surface area contributed by atoms with Crippen LogP contribution in [0, 0.1) is 11.8 Å². The van der Waals surface area contributed by atoms with E-state index in [1.54, 1.807) is 19.2 Å². The van der Waals surface area contributed by atoms with Crippen LogP contribution in [0.4, 0.5) is 0 Å². The van der Waals surface area contributed by atoms with E-state index < -0.39 is 17.7 Å². The normalized spacial score (nSPS) is 22.6. The lowest BCUT2D eigenvalue weighted by Crippen LogP contribution is -2.56. The molecule has 2 N–H and O–H groups in total. The Balaban J connectivity index is 1.49. The number of carbonyl (C=O) groups excluding carboxylic acids is 2. The number of hydrogen-bond acceptors (Lipinski definition) is 8. The second kappa shape index (κ2) is 13.8. The van der Waals surface area contributed by atoms with Gasteiger partial charge in [-0.3, -0.25) is 19.9 Å². The van der Waals surface area contributed by atoms with Crippen molar-refractivity contribution < 1.29 is 28.6 Å². The third-order valence-corrected chi connectivity index (χ3v) is 6.65. The van der Waals surface area contributed by atoms with Gasteiger partial charge in [-0.25, -0.2) is 10.3 Å². The monoisotopic (exact) mass is 503 g/mol. The molecular weight excluding hydrogens is 462 g/mol. The van der Waals surface area contributed by atoms with E-state index in [0.29, 0.717) is 56.7 Å². The number of aromatic nitrogens is 1. The summed E-state index contributed by atoms with van der Waals surface area (Å²) in [6.45, 7) is 10.0. The number of hydrogen-bond donors (Lipinski definition) is 2. The standard InChI is InChI=1S/C27H41N3O6/c1-19(2)18-34-21(4)36-30-25(31)11-10-23-9-8-22(16-28-23)17-29-27(12-14-33-15-13-27)26(32)35-24-7-5-6-20(24)3/h8-11,16,19-21,24,29H,5-7,12-15,17-18H2,1-4H3,(H,30,31)/b11-10+. The van der Waals surface area contributed by atoms with Gasteiger partial charge in [0.1, 0.15) is 11.6 Å². The van der Waals surface area contributed by atoms with E-state index in [2.05, 4.69) is 22.7 Å². The van der Waals surface area contributed by atoms with Crippen molar-refractivity contribution in [3.8, 4) is 0 Å². The molecule has 0 radical (unpaired) electrons. The summed E-state index contributed by atoms with van der Waals surface area (Å²) < 4.78 is 16.9. The van der Waals surface area contributed by atoms with E-state index in [9.17, 15) is 9.59 Å². The summed E-state index contributed by atoms with van der Waals surface area (Å²) in [5.41, 5.74) is 3.17. The average molecular weight is 504 g/mol. The predicted molar refractivity (Wildman–Crippen MR) is 135 cm³/mol. The van der Waals surface area contributed by atoms with Crippen LogP contribution in [0.3, 0.4) is 0 Å². The Morgan fingerprint density at radius 3 is 2.64 bits per heavy atom. The fourth-order valence-corrected chi connectivity index (χ4v) is 4.32. The van der Waals surface area contributed by atoms with Crippen LogP contribution in [0.2, 0.25) is 0 Å². The Morgan fingerprint density at radius 2 is 2.00 bits per heavy atom. The van der Waals surface area contributed by atoms with E-state index in [4.69, 9.17) is 19.0 Å². The Bertz CT molecular complexity index is 867. The summed E-state index contributed by atoms with van der Waals surface area (Å²) in [6.07, 6.45) is 8.48. The maximum absolute atomic E-state index is 13.2. The molecule has 2 heterocycles. The van der Waals surface area contributed by atoms with E-state index in [1.165, 1.54) is 6.08 Å². The fraction of sp³-hybridized carbons (Fsp3) is 0.667. The van der Waals surface area contributed by atoms with Crippen molar-refractivity contribution in [2.75, 3.05) is 19.8 Å². The lowest BCUT2D eigenvalue weighted by molar-refractivity contribution is -0.180. The second-order valence-electron chi connectivity index (χ2n) is 10.2. The zero-order valence-electron chi connectivity index (χ0n) is 22.0. The molecule has 1 aliphatic heterocycles. The molecule has 1 aromatic heterocycles. The van der Waals surface area contributed by atoms with Gasteiger partial charge in [0, 0.05) is 32.0 Å². The molecule has 0 aromatic carbocycles.